The molecule has 0 saturated carbocycles. The molecule has 2 aromatic carbocycles. The third kappa shape index (κ3) is 5.31. The van der Waals surface area contributed by atoms with E-state index in [0.717, 1.165) is 54.0 Å². The molecule has 28 heavy (non-hydrogen) atoms. The molecule has 1 saturated heterocycles. The molecule has 1 fully saturated rings. The van der Waals surface area contributed by atoms with Crippen LogP contribution in [0.4, 0.5) is 5.69 Å². The van der Waals surface area contributed by atoms with Crippen LogP contribution < -0.4 is 4.90 Å². The van der Waals surface area contributed by atoms with Crippen LogP contribution in [0.15, 0.2) is 53.0 Å². The van der Waals surface area contributed by atoms with E-state index in [4.69, 9.17) is 0 Å². The number of nitrogens with zero attached hydrogens (tertiary/aromatic N) is 3. The first-order valence-electron chi connectivity index (χ1n) is 9.62. The van der Waals surface area contributed by atoms with E-state index in [9.17, 15) is 4.79 Å². The Morgan fingerprint density at radius 2 is 1.82 bits per heavy atom. The maximum Gasteiger partial charge on any atom is 0.187 e. The monoisotopic (exact) mass is 441 g/mol. The summed E-state index contributed by atoms with van der Waals surface area (Å²) >= 11 is 3.52. The first-order valence-corrected chi connectivity index (χ1v) is 10.4. The minimum Gasteiger partial charge on any atom is -0.368 e. The van der Waals surface area contributed by atoms with Gasteiger partial charge in [0.25, 0.3) is 0 Å². The second-order valence-corrected chi connectivity index (χ2v) is 8.50. The Balaban J connectivity index is 1.85. The molecule has 2 aromatic rings. The topological polar surface area (TPSA) is 26.8 Å². The molecule has 0 aromatic heterocycles. The number of rotatable bonds is 6. The van der Waals surface area contributed by atoms with Gasteiger partial charge in [0.1, 0.15) is 0 Å². The van der Waals surface area contributed by atoms with E-state index >= 15 is 0 Å². The van der Waals surface area contributed by atoms with Gasteiger partial charge in [-0.05, 0) is 56.5 Å². The molecule has 0 bridgehead atoms. The van der Waals surface area contributed by atoms with Crippen LogP contribution in [0, 0.1) is 0 Å². The fraction of sp³-hybridized carbons (Fsp3) is 0.348. The predicted octanol–water partition coefficient (Wildman–Crippen LogP) is 4.16. The van der Waals surface area contributed by atoms with Crippen molar-refractivity contribution in [3.05, 3.63) is 69.7 Å². The van der Waals surface area contributed by atoms with Crippen LogP contribution in [0.25, 0.3) is 6.08 Å². The molecule has 1 aliphatic rings. The zero-order valence-corrected chi connectivity index (χ0v) is 18.4. The normalized spacial score (nSPS) is 15.5. The van der Waals surface area contributed by atoms with Crippen molar-refractivity contribution in [3.8, 4) is 0 Å². The summed E-state index contributed by atoms with van der Waals surface area (Å²) in [5.41, 5.74) is 4.07. The smallest absolute Gasteiger partial charge is 0.187 e. The van der Waals surface area contributed by atoms with E-state index in [1.807, 2.05) is 30.3 Å². The quantitative estimate of drug-likeness (QED) is 0.496. The van der Waals surface area contributed by atoms with Gasteiger partial charge in [-0.25, -0.2) is 0 Å². The lowest BCUT2D eigenvalue weighted by atomic mass is 10.0. The second-order valence-electron chi connectivity index (χ2n) is 7.59. The van der Waals surface area contributed by atoms with Gasteiger partial charge >= 0.3 is 0 Å². The molecule has 0 spiro atoms. The van der Waals surface area contributed by atoms with E-state index in [-0.39, 0.29) is 5.78 Å². The number of halogens is 1. The van der Waals surface area contributed by atoms with E-state index in [1.54, 1.807) is 6.08 Å². The fourth-order valence-corrected chi connectivity index (χ4v) is 3.83. The average Bonchev–Trinajstić information content (AvgIpc) is 2.67. The van der Waals surface area contributed by atoms with E-state index in [2.05, 4.69) is 70.0 Å². The Kier molecular flexibility index (Phi) is 7.05. The van der Waals surface area contributed by atoms with Gasteiger partial charge in [0.15, 0.2) is 5.78 Å². The minimum atomic E-state index is 0.0369. The van der Waals surface area contributed by atoms with Crippen molar-refractivity contribution in [3.63, 3.8) is 0 Å². The van der Waals surface area contributed by atoms with Gasteiger partial charge in [-0.2, -0.15) is 0 Å². The van der Waals surface area contributed by atoms with Gasteiger partial charge in [-0.1, -0.05) is 46.3 Å². The van der Waals surface area contributed by atoms with Crippen LogP contribution in [0.2, 0.25) is 0 Å². The summed E-state index contributed by atoms with van der Waals surface area (Å²) in [5.74, 6) is 0.0369. The summed E-state index contributed by atoms with van der Waals surface area (Å²) in [6, 6.07) is 14.2. The highest BCUT2D eigenvalue weighted by Gasteiger charge is 2.19. The largest absolute Gasteiger partial charge is 0.368 e. The zero-order valence-electron chi connectivity index (χ0n) is 16.9. The molecule has 1 heterocycles. The van der Waals surface area contributed by atoms with Crippen molar-refractivity contribution in [2.45, 2.75) is 6.54 Å². The number of carbonyl (C=O) groups is 1. The first-order chi connectivity index (χ1) is 13.4. The van der Waals surface area contributed by atoms with Crippen LogP contribution in [0.1, 0.15) is 21.5 Å². The van der Waals surface area contributed by atoms with Crippen LogP contribution in [-0.2, 0) is 6.54 Å². The molecule has 0 radical (unpaired) electrons. The number of anilines is 1. The Morgan fingerprint density at radius 1 is 1.11 bits per heavy atom. The lowest BCUT2D eigenvalue weighted by Crippen LogP contribution is -2.44. The molecule has 0 atom stereocenters. The van der Waals surface area contributed by atoms with E-state index in [0.29, 0.717) is 0 Å². The molecule has 1 aliphatic heterocycles. The van der Waals surface area contributed by atoms with Crippen molar-refractivity contribution in [2.75, 3.05) is 52.2 Å². The summed E-state index contributed by atoms with van der Waals surface area (Å²) in [5, 5.41) is 0. The average molecular weight is 442 g/mol. The number of carbonyl (C=O) groups excluding carboxylic acids is 1. The van der Waals surface area contributed by atoms with Gasteiger partial charge in [0, 0.05) is 48.4 Å². The van der Waals surface area contributed by atoms with E-state index < -0.39 is 0 Å². The van der Waals surface area contributed by atoms with Crippen LogP contribution in [0.5, 0.6) is 0 Å². The van der Waals surface area contributed by atoms with Crippen molar-refractivity contribution in [1.29, 1.82) is 0 Å². The number of benzene rings is 2. The third-order valence-corrected chi connectivity index (χ3v) is 5.52. The highest BCUT2D eigenvalue weighted by molar-refractivity contribution is 9.10. The summed E-state index contributed by atoms with van der Waals surface area (Å²) in [4.78, 5) is 19.8. The van der Waals surface area contributed by atoms with Gasteiger partial charge in [-0.15, -0.1) is 0 Å². The Hall–Kier alpha value is -1.95. The fourth-order valence-electron chi connectivity index (χ4n) is 3.47. The first kappa shape index (κ1) is 20.8. The number of likely N-dealkylation sites (N-methyl/N-ethyl adjacent to an activating group) is 1. The molecule has 0 N–H and O–H groups in total. The number of piperazine rings is 1. The predicted molar refractivity (Wildman–Crippen MR) is 121 cm³/mol. The van der Waals surface area contributed by atoms with Gasteiger partial charge in [-0.3, -0.25) is 4.79 Å². The standard InChI is InChI=1S/C23H28BrN3O/c1-25(2)17-19-7-5-4-6-18(19)8-11-23(28)21-16-20(24)9-10-22(21)27-14-12-26(3)13-15-27/h4-11,16H,12-15,17H2,1-3H3. The minimum absolute atomic E-state index is 0.0369. The molecule has 3 rings (SSSR count). The molecule has 5 heteroatoms. The Labute approximate surface area is 176 Å². The molecule has 0 amide bonds. The molecule has 4 nitrogen and oxygen atoms in total. The van der Waals surface area contributed by atoms with Crippen molar-refractivity contribution < 1.29 is 4.79 Å². The number of hydrogen-bond acceptors (Lipinski definition) is 4. The van der Waals surface area contributed by atoms with E-state index in [1.165, 1.54) is 5.56 Å². The van der Waals surface area contributed by atoms with Crippen LogP contribution in [0.3, 0.4) is 0 Å². The van der Waals surface area contributed by atoms with Crippen LogP contribution in [-0.4, -0.2) is 62.9 Å². The molecule has 0 aliphatic carbocycles. The van der Waals surface area contributed by atoms with Gasteiger partial charge < -0.3 is 14.7 Å². The van der Waals surface area contributed by atoms with Crippen molar-refractivity contribution >= 4 is 33.5 Å². The van der Waals surface area contributed by atoms with Crippen molar-refractivity contribution in [1.82, 2.24) is 9.80 Å². The summed E-state index contributed by atoms with van der Waals surface area (Å²) in [6.45, 7) is 4.74. The number of allylic oxidation sites excluding steroid dienone is 1. The van der Waals surface area contributed by atoms with Gasteiger partial charge in [0.2, 0.25) is 0 Å². The molecule has 0 unspecified atom stereocenters. The maximum atomic E-state index is 13.1. The number of ketones is 1. The summed E-state index contributed by atoms with van der Waals surface area (Å²) < 4.78 is 0.926. The third-order valence-electron chi connectivity index (χ3n) is 5.02. The molecular weight excluding hydrogens is 414 g/mol. The highest BCUT2D eigenvalue weighted by Crippen LogP contribution is 2.27. The highest BCUT2D eigenvalue weighted by atomic mass is 79.9. The zero-order chi connectivity index (χ0) is 20.1. The Morgan fingerprint density at radius 3 is 2.54 bits per heavy atom. The van der Waals surface area contributed by atoms with Crippen LogP contribution >= 0.6 is 15.9 Å². The second kappa shape index (κ2) is 9.50. The maximum absolute atomic E-state index is 13.1. The lowest BCUT2D eigenvalue weighted by Gasteiger charge is -2.35. The lowest BCUT2D eigenvalue weighted by molar-refractivity contribution is 0.104. The SMILES string of the molecule is CN(C)Cc1ccccc1C=CC(=O)c1cc(Br)ccc1N1CCN(C)CC1. The number of hydrogen-bond donors (Lipinski definition) is 0. The molecule has 148 valence electrons. The van der Waals surface area contributed by atoms with Gasteiger partial charge in [0.05, 0.1) is 0 Å². The summed E-state index contributed by atoms with van der Waals surface area (Å²) in [7, 11) is 6.24. The summed E-state index contributed by atoms with van der Waals surface area (Å²) in [6.07, 6.45) is 3.64. The van der Waals surface area contributed by atoms with Crippen molar-refractivity contribution in [2.24, 2.45) is 0 Å². The molecular formula is C23H28BrN3O. The Bertz CT molecular complexity index is 855.